The predicted octanol–water partition coefficient (Wildman–Crippen LogP) is 14.0. The summed E-state index contributed by atoms with van der Waals surface area (Å²) in [6, 6.07) is 0. The van der Waals surface area contributed by atoms with Crippen LogP contribution in [0.15, 0.2) is 0 Å². The zero-order chi connectivity index (χ0) is 28.3. The van der Waals surface area contributed by atoms with E-state index in [4.69, 9.17) is 0 Å². The Balaban J connectivity index is 3.13. The fraction of sp³-hybridized carbons (Fsp3) is 1.00. The van der Waals surface area contributed by atoms with E-state index in [0.717, 1.165) is 12.8 Å². The molecule has 0 bridgehead atoms. The van der Waals surface area contributed by atoms with Gasteiger partial charge < -0.3 is 5.11 Å². The highest BCUT2D eigenvalue weighted by molar-refractivity contribution is 4.58. The number of hydrogen-bond donors (Lipinski definition) is 1. The Kier molecular flexibility index (Phi) is 35.9. The van der Waals surface area contributed by atoms with Crippen molar-refractivity contribution in [1.29, 1.82) is 0 Å². The first-order valence-electron chi connectivity index (χ1n) is 19.0. The van der Waals surface area contributed by atoms with Crippen LogP contribution >= 0.6 is 0 Å². The fourth-order valence-electron chi connectivity index (χ4n) is 6.18. The van der Waals surface area contributed by atoms with Crippen LogP contribution in [0.2, 0.25) is 0 Å². The minimum atomic E-state index is -0.0343. The van der Waals surface area contributed by atoms with Crippen molar-refractivity contribution in [3.05, 3.63) is 0 Å². The first-order valence-corrected chi connectivity index (χ1v) is 19.0. The zero-order valence-electron chi connectivity index (χ0n) is 27.8. The Bertz CT molecular complexity index is 406. The Labute approximate surface area is 249 Å². The number of unbranched alkanes of at least 4 members (excludes halogenated alkanes) is 31. The molecule has 1 atom stereocenters. The van der Waals surface area contributed by atoms with Gasteiger partial charge in [0, 0.05) is 0 Å². The molecule has 0 aliphatic carbocycles. The summed E-state index contributed by atoms with van der Waals surface area (Å²) in [7, 11) is 0. The summed E-state index contributed by atoms with van der Waals surface area (Å²) in [4.78, 5) is 0. The van der Waals surface area contributed by atoms with Gasteiger partial charge in [0.25, 0.3) is 0 Å². The van der Waals surface area contributed by atoms with Crippen molar-refractivity contribution in [1.82, 2.24) is 0 Å². The van der Waals surface area contributed by atoms with E-state index in [1.54, 1.807) is 0 Å². The maximum atomic E-state index is 10.3. The lowest BCUT2D eigenvalue weighted by Crippen LogP contribution is -2.05. The van der Waals surface area contributed by atoms with Crippen molar-refractivity contribution in [2.75, 3.05) is 0 Å². The van der Waals surface area contributed by atoms with Gasteiger partial charge in [-0.1, -0.05) is 226 Å². The molecular formula is C38H78O. The monoisotopic (exact) mass is 551 g/mol. The summed E-state index contributed by atoms with van der Waals surface area (Å²) in [6.07, 6.45) is 48.9. The number of aliphatic hydroxyl groups excluding tert-OH is 1. The highest BCUT2D eigenvalue weighted by Crippen LogP contribution is 2.17. The standard InChI is InChI=1S/C38H78O/c1-3-5-7-9-11-13-15-17-19-21-23-25-27-29-31-33-35-37-38(39)36-34-32-30-28-26-24-22-20-18-16-14-12-10-8-6-4-2/h38-39H,3-37H2,1-2H3. The molecule has 1 unspecified atom stereocenters. The van der Waals surface area contributed by atoms with Crippen molar-refractivity contribution in [2.24, 2.45) is 0 Å². The largest absolute Gasteiger partial charge is 0.393 e. The van der Waals surface area contributed by atoms with E-state index < -0.39 is 0 Å². The van der Waals surface area contributed by atoms with Crippen LogP contribution in [-0.4, -0.2) is 11.2 Å². The topological polar surface area (TPSA) is 20.2 Å². The van der Waals surface area contributed by atoms with Gasteiger partial charge in [-0.2, -0.15) is 0 Å². The van der Waals surface area contributed by atoms with Crippen LogP contribution in [0.4, 0.5) is 0 Å². The van der Waals surface area contributed by atoms with Crippen molar-refractivity contribution in [3.8, 4) is 0 Å². The quantitative estimate of drug-likeness (QED) is 0.0778. The van der Waals surface area contributed by atoms with E-state index in [9.17, 15) is 5.11 Å². The molecule has 1 N–H and O–H groups in total. The third-order valence-electron chi connectivity index (χ3n) is 9.03. The van der Waals surface area contributed by atoms with Crippen LogP contribution in [0.5, 0.6) is 0 Å². The summed E-state index contributed by atoms with van der Waals surface area (Å²) in [5.41, 5.74) is 0. The molecule has 0 aliphatic rings. The molecule has 236 valence electrons. The average molecular weight is 551 g/mol. The molecule has 0 saturated heterocycles. The molecule has 0 aromatic rings. The van der Waals surface area contributed by atoms with Gasteiger partial charge in [0.2, 0.25) is 0 Å². The van der Waals surface area contributed by atoms with Gasteiger partial charge >= 0.3 is 0 Å². The number of rotatable bonds is 35. The van der Waals surface area contributed by atoms with Crippen LogP contribution in [0.25, 0.3) is 0 Å². The zero-order valence-corrected chi connectivity index (χ0v) is 27.8. The molecule has 39 heavy (non-hydrogen) atoms. The molecule has 0 radical (unpaired) electrons. The minimum Gasteiger partial charge on any atom is -0.393 e. The first-order chi connectivity index (χ1) is 19.3. The maximum absolute atomic E-state index is 10.3. The van der Waals surface area contributed by atoms with Gasteiger partial charge in [-0.25, -0.2) is 0 Å². The Hall–Kier alpha value is -0.0400. The van der Waals surface area contributed by atoms with Gasteiger partial charge in [0.15, 0.2) is 0 Å². The van der Waals surface area contributed by atoms with Crippen LogP contribution in [0, 0.1) is 0 Å². The summed E-state index contributed by atoms with van der Waals surface area (Å²) in [5.74, 6) is 0. The first kappa shape index (κ1) is 39.0. The van der Waals surface area contributed by atoms with Crippen LogP contribution < -0.4 is 0 Å². The van der Waals surface area contributed by atoms with Crippen LogP contribution in [-0.2, 0) is 0 Å². The minimum absolute atomic E-state index is 0.0343. The SMILES string of the molecule is CCCCCCCCCCCCCCCCCCCC(O)CCCCCCCCCCCCCCCCCC. The third-order valence-corrected chi connectivity index (χ3v) is 9.03. The van der Waals surface area contributed by atoms with E-state index in [1.165, 1.54) is 212 Å². The van der Waals surface area contributed by atoms with Crippen molar-refractivity contribution >= 4 is 0 Å². The molecule has 0 spiro atoms. The summed E-state index contributed by atoms with van der Waals surface area (Å²) >= 11 is 0. The Morgan fingerprint density at radius 2 is 0.410 bits per heavy atom. The van der Waals surface area contributed by atoms with Gasteiger partial charge in [-0.15, -0.1) is 0 Å². The molecular weight excluding hydrogens is 472 g/mol. The van der Waals surface area contributed by atoms with E-state index in [1.807, 2.05) is 0 Å². The molecule has 1 nitrogen and oxygen atoms in total. The maximum Gasteiger partial charge on any atom is 0.0540 e. The smallest absolute Gasteiger partial charge is 0.0540 e. The average Bonchev–Trinajstić information content (AvgIpc) is 2.94. The molecule has 0 aromatic heterocycles. The lowest BCUT2D eigenvalue weighted by molar-refractivity contribution is 0.147. The lowest BCUT2D eigenvalue weighted by Gasteiger charge is -2.10. The van der Waals surface area contributed by atoms with E-state index >= 15 is 0 Å². The summed E-state index contributed by atoms with van der Waals surface area (Å²) in [5, 5.41) is 10.3. The van der Waals surface area contributed by atoms with E-state index in [2.05, 4.69) is 13.8 Å². The Morgan fingerprint density at radius 3 is 0.590 bits per heavy atom. The summed E-state index contributed by atoms with van der Waals surface area (Å²) in [6.45, 7) is 4.60. The highest BCUT2D eigenvalue weighted by atomic mass is 16.3. The van der Waals surface area contributed by atoms with Crippen LogP contribution in [0.1, 0.15) is 239 Å². The van der Waals surface area contributed by atoms with Crippen molar-refractivity contribution in [3.63, 3.8) is 0 Å². The molecule has 0 aromatic carbocycles. The summed E-state index contributed by atoms with van der Waals surface area (Å²) < 4.78 is 0. The van der Waals surface area contributed by atoms with Gasteiger partial charge in [0.1, 0.15) is 0 Å². The second-order valence-electron chi connectivity index (χ2n) is 13.2. The van der Waals surface area contributed by atoms with E-state index in [0.29, 0.717) is 0 Å². The Morgan fingerprint density at radius 1 is 0.256 bits per heavy atom. The second kappa shape index (κ2) is 36.0. The second-order valence-corrected chi connectivity index (χ2v) is 13.2. The highest BCUT2D eigenvalue weighted by Gasteiger charge is 2.04. The molecule has 0 aliphatic heterocycles. The predicted molar refractivity (Wildman–Crippen MR) is 179 cm³/mol. The molecule has 0 saturated carbocycles. The molecule has 0 rings (SSSR count). The third kappa shape index (κ3) is 35.9. The van der Waals surface area contributed by atoms with Crippen LogP contribution in [0.3, 0.4) is 0 Å². The molecule has 0 fully saturated rings. The van der Waals surface area contributed by atoms with Crippen molar-refractivity contribution < 1.29 is 5.11 Å². The fourth-order valence-corrected chi connectivity index (χ4v) is 6.18. The van der Waals surface area contributed by atoms with Gasteiger partial charge in [-0.05, 0) is 12.8 Å². The molecule has 1 heteroatoms. The number of hydrogen-bond acceptors (Lipinski definition) is 1. The van der Waals surface area contributed by atoms with Gasteiger partial charge in [-0.3, -0.25) is 0 Å². The number of aliphatic hydroxyl groups is 1. The van der Waals surface area contributed by atoms with Gasteiger partial charge in [0.05, 0.1) is 6.10 Å². The van der Waals surface area contributed by atoms with Crippen molar-refractivity contribution in [2.45, 2.75) is 245 Å². The normalized spacial score (nSPS) is 12.4. The van der Waals surface area contributed by atoms with E-state index in [-0.39, 0.29) is 6.10 Å². The molecule has 0 amide bonds. The molecule has 0 heterocycles. The lowest BCUT2D eigenvalue weighted by atomic mass is 10.0.